The molecule has 4 rings (SSSR count). The third-order valence-electron chi connectivity index (χ3n) is 5.21. The van der Waals surface area contributed by atoms with Gasteiger partial charge in [0.2, 0.25) is 0 Å². The number of Topliss-reactive ketones (excluding diaryl/α,β-unsaturated/α-hetero) is 1. The van der Waals surface area contributed by atoms with Crippen molar-refractivity contribution in [3.8, 4) is 0 Å². The second-order valence-corrected chi connectivity index (χ2v) is 8.34. The minimum Gasteiger partial charge on any atom is -0.372 e. The summed E-state index contributed by atoms with van der Waals surface area (Å²) in [4.78, 5) is 41.1. The van der Waals surface area contributed by atoms with E-state index < -0.39 is 11.1 Å². The summed E-state index contributed by atoms with van der Waals surface area (Å²) in [7, 11) is 0. The number of hydrogen-bond acceptors (Lipinski definition) is 5. The molecule has 2 aromatic carbocycles. The fourth-order valence-electron chi connectivity index (χ4n) is 3.52. The van der Waals surface area contributed by atoms with E-state index in [1.165, 1.54) is 18.5 Å². The van der Waals surface area contributed by atoms with E-state index in [-0.39, 0.29) is 12.3 Å². The lowest BCUT2D eigenvalue weighted by Crippen LogP contribution is -2.33. The van der Waals surface area contributed by atoms with Crippen LogP contribution in [-0.4, -0.2) is 41.5 Å². The molecule has 2 aromatic rings. The van der Waals surface area contributed by atoms with Crippen molar-refractivity contribution in [1.29, 1.82) is 0 Å². The number of benzene rings is 2. The highest BCUT2D eigenvalue weighted by Crippen LogP contribution is 2.32. The topological polar surface area (TPSA) is 57.7 Å². The van der Waals surface area contributed by atoms with Crippen molar-refractivity contribution < 1.29 is 14.4 Å². The number of amides is 2. The summed E-state index contributed by atoms with van der Waals surface area (Å²) in [6, 6.07) is 15.1. The number of imide groups is 1. The summed E-state index contributed by atoms with van der Waals surface area (Å²) < 4.78 is 0. The highest BCUT2D eigenvalue weighted by molar-refractivity contribution is 8.18. The van der Waals surface area contributed by atoms with Crippen LogP contribution in [0.15, 0.2) is 53.4 Å². The number of hydrogen-bond donors (Lipinski definition) is 0. The molecule has 2 saturated heterocycles. The molecule has 0 unspecified atom stereocenters. The zero-order valence-electron chi connectivity index (χ0n) is 16.3. The molecule has 2 aliphatic rings. The molecule has 2 heterocycles. The second-order valence-electron chi connectivity index (χ2n) is 7.34. The second kappa shape index (κ2) is 8.25. The van der Waals surface area contributed by atoms with Gasteiger partial charge in [0.25, 0.3) is 11.1 Å². The van der Waals surface area contributed by atoms with Crippen molar-refractivity contribution in [2.24, 2.45) is 0 Å². The van der Waals surface area contributed by atoms with Crippen LogP contribution >= 0.6 is 11.8 Å². The van der Waals surface area contributed by atoms with Gasteiger partial charge in [0.15, 0.2) is 5.78 Å². The van der Waals surface area contributed by atoms with Crippen LogP contribution in [0.1, 0.15) is 34.3 Å². The molecule has 148 valence electrons. The number of ketones is 1. The van der Waals surface area contributed by atoms with E-state index in [0.717, 1.165) is 40.9 Å². The Labute approximate surface area is 174 Å². The number of aryl methyl sites for hydroxylation is 1. The van der Waals surface area contributed by atoms with Gasteiger partial charge in [-0.15, -0.1) is 0 Å². The van der Waals surface area contributed by atoms with Gasteiger partial charge in [-0.2, -0.15) is 0 Å². The van der Waals surface area contributed by atoms with E-state index in [1.54, 1.807) is 18.2 Å². The molecule has 0 aliphatic carbocycles. The zero-order valence-corrected chi connectivity index (χ0v) is 17.1. The number of anilines is 1. The molecule has 0 spiro atoms. The van der Waals surface area contributed by atoms with Crippen molar-refractivity contribution in [2.75, 3.05) is 24.5 Å². The monoisotopic (exact) mass is 406 g/mol. The van der Waals surface area contributed by atoms with E-state index in [1.807, 2.05) is 43.3 Å². The Morgan fingerprint density at radius 1 is 1.00 bits per heavy atom. The SMILES string of the molecule is Cc1ccc(C(=O)CN2C(=O)SC(=Cc3ccc(N4CCCC4)cc3)C2=O)cc1. The van der Waals surface area contributed by atoms with E-state index in [0.29, 0.717) is 10.5 Å². The molecule has 2 aliphatic heterocycles. The Morgan fingerprint density at radius 2 is 1.66 bits per heavy atom. The van der Waals surface area contributed by atoms with Crippen LogP contribution in [0.2, 0.25) is 0 Å². The maximum atomic E-state index is 12.7. The van der Waals surface area contributed by atoms with Gasteiger partial charge >= 0.3 is 0 Å². The van der Waals surface area contributed by atoms with E-state index in [2.05, 4.69) is 4.90 Å². The Morgan fingerprint density at radius 3 is 2.31 bits per heavy atom. The van der Waals surface area contributed by atoms with Gasteiger partial charge in [-0.05, 0) is 55.3 Å². The van der Waals surface area contributed by atoms with Crippen LogP contribution in [-0.2, 0) is 4.79 Å². The van der Waals surface area contributed by atoms with Crippen molar-refractivity contribution in [1.82, 2.24) is 4.90 Å². The summed E-state index contributed by atoms with van der Waals surface area (Å²) >= 11 is 0.882. The first-order chi connectivity index (χ1) is 14.0. The van der Waals surface area contributed by atoms with Crippen molar-refractivity contribution in [3.63, 3.8) is 0 Å². The van der Waals surface area contributed by atoms with Crippen LogP contribution in [0.3, 0.4) is 0 Å². The predicted octanol–water partition coefficient (Wildman–Crippen LogP) is 4.51. The zero-order chi connectivity index (χ0) is 20.4. The summed E-state index contributed by atoms with van der Waals surface area (Å²) in [5.41, 5.74) is 3.59. The summed E-state index contributed by atoms with van der Waals surface area (Å²) in [5, 5.41) is -0.407. The molecule has 29 heavy (non-hydrogen) atoms. The molecule has 0 aromatic heterocycles. The fraction of sp³-hybridized carbons (Fsp3) is 0.261. The van der Waals surface area contributed by atoms with Gasteiger partial charge in [0.05, 0.1) is 11.4 Å². The molecule has 2 amide bonds. The van der Waals surface area contributed by atoms with E-state index in [9.17, 15) is 14.4 Å². The Balaban J connectivity index is 1.45. The number of rotatable bonds is 5. The third-order valence-corrected chi connectivity index (χ3v) is 6.12. The van der Waals surface area contributed by atoms with Crippen molar-refractivity contribution in [3.05, 3.63) is 70.1 Å². The molecule has 2 fully saturated rings. The van der Waals surface area contributed by atoms with E-state index >= 15 is 0 Å². The van der Waals surface area contributed by atoms with Crippen LogP contribution in [0, 0.1) is 6.92 Å². The van der Waals surface area contributed by atoms with E-state index in [4.69, 9.17) is 0 Å². The minimum atomic E-state index is -0.413. The molecule has 5 nitrogen and oxygen atoms in total. The van der Waals surface area contributed by atoms with Crippen molar-refractivity contribution in [2.45, 2.75) is 19.8 Å². The predicted molar refractivity (Wildman–Crippen MR) is 116 cm³/mol. The molecular formula is C23H22N2O3S. The third kappa shape index (κ3) is 4.27. The summed E-state index contributed by atoms with van der Waals surface area (Å²) in [6.07, 6.45) is 4.15. The average Bonchev–Trinajstić information content (AvgIpc) is 3.34. The molecule has 6 heteroatoms. The lowest BCUT2D eigenvalue weighted by Gasteiger charge is -2.17. The molecule has 0 atom stereocenters. The first kappa shape index (κ1) is 19.5. The largest absolute Gasteiger partial charge is 0.372 e. The van der Waals surface area contributed by atoms with Crippen molar-refractivity contribution >= 4 is 40.5 Å². The average molecular weight is 407 g/mol. The first-order valence-corrected chi connectivity index (χ1v) is 10.5. The van der Waals surface area contributed by atoms with Gasteiger partial charge in [-0.1, -0.05) is 42.0 Å². The van der Waals surface area contributed by atoms with Crippen LogP contribution < -0.4 is 4.90 Å². The maximum Gasteiger partial charge on any atom is 0.293 e. The van der Waals surface area contributed by atoms with Crippen LogP contribution in [0.5, 0.6) is 0 Å². The Hall–Kier alpha value is -2.86. The lowest BCUT2D eigenvalue weighted by molar-refractivity contribution is -0.122. The molecule has 0 bridgehead atoms. The first-order valence-electron chi connectivity index (χ1n) is 9.71. The number of carbonyl (C=O) groups excluding carboxylic acids is 3. The number of thioether (sulfide) groups is 1. The molecule has 0 saturated carbocycles. The van der Waals surface area contributed by atoms with Crippen LogP contribution in [0.4, 0.5) is 10.5 Å². The number of carbonyl (C=O) groups is 3. The standard InChI is InChI=1S/C23H22N2O3S/c1-16-4-8-18(9-5-16)20(26)15-25-22(27)21(29-23(25)28)14-17-6-10-19(11-7-17)24-12-2-3-13-24/h4-11,14H,2-3,12-13,15H2,1H3. The molecular weight excluding hydrogens is 384 g/mol. The fourth-order valence-corrected chi connectivity index (χ4v) is 4.36. The molecule has 0 N–H and O–H groups in total. The Bertz CT molecular complexity index is 974. The quantitative estimate of drug-likeness (QED) is 0.540. The highest BCUT2D eigenvalue weighted by atomic mass is 32.2. The van der Waals surface area contributed by atoms with Crippen LogP contribution in [0.25, 0.3) is 6.08 Å². The summed E-state index contributed by atoms with van der Waals surface area (Å²) in [6.45, 7) is 3.85. The summed E-state index contributed by atoms with van der Waals surface area (Å²) in [5.74, 6) is -0.660. The smallest absolute Gasteiger partial charge is 0.293 e. The molecule has 0 radical (unpaired) electrons. The van der Waals surface area contributed by atoms with Gasteiger partial charge in [0.1, 0.15) is 0 Å². The van der Waals surface area contributed by atoms with Gasteiger partial charge < -0.3 is 4.90 Å². The minimum absolute atomic E-state index is 0.237. The maximum absolute atomic E-state index is 12.7. The van der Waals surface area contributed by atoms with Gasteiger partial charge in [-0.25, -0.2) is 0 Å². The van der Waals surface area contributed by atoms with Gasteiger partial charge in [0, 0.05) is 24.3 Å². The Kier molecular flexibility index (Phi) is 5.53. The lowest BCUT2D eigenvalue weighted by atomic mass is 10.1. The van der Waals surface area contributed by atoms with Gasteiger partial charge in [-0.3, -0.25) is 19.3 Å². The number of nitrogens with zero attached hydrogens (tertiary/aromatic N) is 2. The highest BCUT2D eigenvalue weighted by Gasteiger charge is 2.36. The normalized spacial score (nSPS) is 18.2.